The number of unbranched alkanes of at least 4 members (excludes halogenated alkanes) is 11. The van der Waals surface area contributed by atoms with Gasteiger partial charge in [-0.25, -0.2) is 0 Å². The van der Waals surface area contributed by atoms with Crippen molar-refractivity contribution in [2.24, 2.45) is 0 Å². The molecule has 0 fully saturated rings. The second-order valence-corrected chi connectivity index (χ2v) is 10.3. The van der Waals surface area contributed by atoms with Crippen LogP contribution in [0.4, 0.5) is 0 Å². The minimum absolute atomic E-state index is 0.208. The van der Waals surface area contributed by atoms with E-state index in [1.54, 1.807) is 26.8 Å². The summed E-state index contributed by atoms with van der Waals surface area (Å²) in [5.41, 5.74) is 2.93. The molecule has 6 nitrogen and oxygen atoms in total. The van der Waals surface area contributed by atoms with Crippen LogP contribution in [0.5, 0.6) is 0 Å². The van der Waals surface area contributed by atoms with Crippen molar-refractivity contribution in [3.05, 3.63) is 12.2 Å². The highest BCUT2D eigenvalue weighted by molar-refractivity contribution is 7.45. The van der Waals surface area contributed by atoms with E-state index in [1.807, 2.05) is 6.08 Å². The third-order valence-corrected chi connectivity index (χ3v) is 5.86. The molecule has 0 bridgehead atoms. The van der Waals surface area contributed by atoms with E-state index in [9.17, 15) is 14.6 Å². The van der Waals surface area contributed by atoms with Crippen LogP contribution in [0, 0.1) is 0 Å². The first-order chi connectivity index (χ1) is 13.6. The SMILES string of the molecule is CCCCCCCCCCCCC/C=C/C(O)[C@H]([NH3+])COP(=O)([O-])OC(C)(C)C. The Morgan fingerprint density at radius 1 is 1.00 bits per heavy atom. The molecule has 0 aliphatic rings. The first-order valence-electron chi connectivity index (χ1n) is 11.4. The molecule has 0 amide bonds. The topological polar surface area (TPSA) is 106 Å². The van der Waals surface area contributed by atoms with E-state index in [1.165, 1.54) is 64.2 Å². The van der Waals surface area contributed by atoms with E-state index in [0.29, 0.717) is 0 Å². The average molecular weight is 436 g/mol. The minimum Gasteiger partial charge on any atom is -0.756 e. The van der Waals surface area contributed by atoms with E-state index < -0.39 is 25.6 Å². The first kappa shape index (κ1) is 28.8. The Balaban J connectivity index is 3.72. The van der Waals surface area contributed by atoms with Gasteiger partial charge >= 0.3 is 0 Å². The van der Waals surface area contributed by atoms with Gasteiger partial charge in [-0.2, -0.15) is 0 Å². The highest BCUT2D eigenvalue weighted by Gasteiger charge is 2.23. The van der Waals surface area contributed by atoms with Crippen molar-refractivity contribution in [2.45, 2.75) is 122 Å². The number of hydrogen-bond acceptors (Lipinski definition) is 5. The van der Waals surface area contributed by atoms with E-state index in [-0.39, 0.29) is 6.61 Å². The van der Waals surface area contributed by atoms with Crippen LogP contribution in [0.1, 0.15) is 105 Å². The van der Waals surface area contributed by atoms with Gasteiger partial charge in [0.2, 0.25) is 0 Å². The second-order valence-electron chi connectivity index (χ2n) is 8.95. The Labute approximate surface area is 178 Å². The molecule has 0 aliphatic carbocycles. The lowest BCUT2D eigenvalue weighted by Gasteiger charge is -2.31. The molecular formula is C22H46NO5P. The number of rotatable bonds is 18. The molecule has 174 valence electrons. The molecule has 2 unspecified atom stereocenters. The van der Waals surface area contributed by atoms with E-state index in [0.717, 1.165) is 12.8 Å². The molecule has 7 heteroatoms. The molecule has 0 aliphatic heterocycles. The number of allylic oxidation sites excluding steroid dienone is 1. The van der Waals surface area contributed by atoms with Crippen LogP contribution in [0.2, 0.25) is 0 Å². The number of phosphoric ester groups is 1. The van der Waals surface area contributed by atoms with Crippen LogP contribution < -0.4 is 10.6 Å². The Bertz CT molecular complexity index is 465. The van der Waals surface area contributed by atoms with Gasteiger partial charge in [-0.1, -0.05) is 83.3 Å². The molecular weight excluding hydrogens is 389 g/mol. The molecule has 4 N–H and O–H groups in total. The molecule has 0 radical (unpaired) electrons. The van der Waals surface area contributed by atoms with Crippen LogP contribution in [0.3, 0.4) is 0 Å². The minimum atomic E-state index is -4.39. The number of quaternary nitrogens is 1. The zero-order valence-corrected chi connectivity index (χ0v) is 20.1. The number of aliphatic hydroxyl groups excluding tert-OH is 1. The van der Waals surface area contributed by atoms with Gasteiger partial charge in [-0.05, 0) is 33.6 Å². The summed E-state index contributed by atoms with van der Waals surface area (Å²) >= 11 is 0. The molecule has 3 atom stereocenters. The van der Waals surface area contributed by atoms with Gasteiger partial charge in [0.25, 0.3) is 7.82 Å². The number of phosphoric acid groups is 1. The van der Waals surface area contributed by atoms with Gasteiger partial charge in [-0.15, -0.1) is 0 Å². The average Bonchev–Trinajstić information content (AvgIpc) is 2.61. The fraction of sp³-hybridized carbons (Fsp3) is 0.909. The van der Waals surface area contributed by atoms with Gasteiger partial charge < -0.3 is 24.8 Å². The maximum Gasteiger partial charge on any atom is 0.268 e. The summed E-state index contributed by atoms with van der Waals surface area (Å²) in [6.45, 7) is 6.94. The summed E-state index contributed by atoms with van der Waals surface area (Å²) in [4.78, 5) is 11.7. The van der Waals surface area contributed by atoms with Gasteiger partial charge in [0.05, 0.1) is 5.60 Å². The van der Waals surface area contributed by atoms with Crippen LogP contribution >= 0.6 is 7.82 Å². The van der Waals surface area contributed by atoms with Crippen molar-refractivity contribution >= 4 is 7.82 Å². The van der Waals surface area contributed by atoms with Crippen molar-refractivity contribution in [3.8, 4) is 0 Å². The Hall–Kier alpha value is -0.230. The molecule has 0 aromatic heterocycles. The van der Waals surface area contributed by atoms with Crippen LogP contribution in [-0.2, 0) is 13.6 Å². The quantitative estimate of drug-likeness (QED) is 0.187. The molecule has 0 saturated carbocycles. The highest BCUT2D eigenvalue weighted by Crippen LogP contribution is 2.42. The van der Waals surface area contributed by atoms with Crippen molar-refractivity contribution < 1.29 is 29.3 Å². The van der Waals surface area contributed by atoms with Crippen LogP contribution in [-0.4, -0.2) is 29.5 Å². The van der Waals surface area contributed by atoms with E-state index >= 15 is 0 Å². The largest absolute Gasteiger partial charge is 0.756 e. The Morgan fingerprint density at radius 3 is 1.97 bits per heavy atom. The standard InChI is InChI=1S/C22H46NO5P/c1-5-6-7-8-9-10-11-12-13-14-15-16-17-18-21(24)20(23)19-27-29(25,26)28-22(2,3)4/h17-18,20-21,24H,5-16,19,23H2,1-4H3,(H,25,26)/b18-17+/t20-,21?/m1/s1. The zero-order chi connectivity index (χ0) is 22.2. The molecule has 0 rings (SSSR count). The summed E-state index contributed by atoms with van der Waals surface area (Å²) in [5.74, 6) is 0. The molecule has 29 heavy (non-hydrogen) atoms. The fourth-order valence-corrected chi connectivity index (χ4v) is 4.06. The predicted molar refractivity (Wildman–Crippen MR) is 117 cm³/mol. The van der Waals surface area contributed by atoms with Crippen molar-refractivity contribution in [3.63, 3.8) is 0 Å². The monoisotopic (exact) mass is 435 g/mol. The van der Waals surface area contributed by atoms with Crippen LogP contribution in [0.25, 0.3) is 0 Å². The van der Waals surface area contributed by atoms with Crippen molar-refractivity contribution in [1.29, 1.82) is 0 Å². The molecule has 0 heterocycles. The van der Waals surface area contributed by atoms with Crippen molar-refractivity contribution in [2.75, 3.05) is 6.61 Å². The summed E-state index contributed by atoms with van der Waals surface area (Å²) < 4.78 is 21.4. The third kappa shape index (κ3) is 19.5. The van der Waals surface area contributed by atoms with E-state index in [2.05, 4.69) is 12.7 Å². The number of aliphatic hydroxyl groups is 1. The predicted octanol–water partition coefficient (Wildman–Crippen LogP) is 4.52. The Kier molecular flexibility index (Phi) is 16.3. The third-order valence-electron chi connectivity index (χ3n) is 4.62. The fourth-order valence-electron chi connectivity index (χ4n) is 2.97. The summed E-state index contributed by atoms with van der Waals surface area (Å²) in [7, 11) is -4.39. The maximum atomic E-state index is 11.7. The van der Waals surface area contributed by atoms with Gasteiger partial charge in [0.1, 0.15) is 18.8 Å². The maximum absolute atomic E-state index is 11.7. The highest BCUT2D eigenvalue weighted by atomic mass is 31.2. The van der Waals surface area contributed by atoms with Crippen molar-refractivity contribution in [1.82, 2.24) is 0 Å². The van der Waals surface area contributed by atoms with E-state index in [4.69, 9.17) is 9.05 Å². The number of hydrogen-bond donors (Lipinski definition) is 2. The molecule has 0 aromatic rings. The first-order valence-corrected chi connectivity index (χ1v) is 12.9. The molecule has 0 aromatic carbocycles. The lowest BCUT2D eigenvalue weighted by molar-refractivity contribution is -0.439. The van der Waals surface area contributed by atoms with Gasteiger partial charge in [-0.3, -0.25) is 4.57 Å². The lowest BCUT2D eigenvalue weighted by Crippen LogP contribution is -2.68. The summed E-state index contributed by atoms with van der Waals surface area (Å²) in [6, 6.07) is -0.575. The normalized spacial score (nSPS) is 16.8. The Morgan fingerprint density at radius 2 is 1.48 bits per heavy atom. The zero-order valence-electron chi connectivity index (χ0n) is 19.2. The smallest absolute Gasteiger partial charge is 0.268 e. The second kappa shape index (κ2) is 16.5. The molecule has 0 spiro atoms. The van der Waals surface area contributed by atoms with Gasteiger partial charge in [0, 0.05) is 0 Å². The molecule has 0 saturated heterocycles. The summed E-state index contributed by atoms with van der Waals surface area (Å²) in [5, 5.41) is 10.1. The van der Waals surface area contributed by atoms with Crippen LogP contribution in [0.15, 0.2) is 12.2 Å². The summed E-state index contributed by atoms with van der Waals surface area (Å²) in [6.07, 6.45) is 18.1. The van der Waals surface area contributed by atoms with Gasteiger partial charge in [0.15, 0.2) is 0 Å². The lowest BCUT2D eigenvalue weighted by atomic mass is 10.0.